The fourth-order valence-corrected chi connectivity index (χ4v) is 3.45. The molecule has 1 aromatic carbocycles. The molecule has 0 saturated carbocycles. The van der Waals surface area contributed by atoms with Gasteiger partial charge in [0.2, 0.25) is 11.3 Å². The first-order chi connectivity index (χ1) is 8.03. The van der Waals surface area contributed by atoms with E-state index in [1.807, 2.05) is 24.3 Å². The summed E-state index contributed by atoms with van der Waals surface area (Å²) in [4.78, 5) is 0. The first-order valence-corrected chi connectivity index (χ1v) is 7.22. The van der Waals surface area contributed by atoms with Crippen molar-refractivity contribution < 1.29 is 13.9 Å². The summed E-state index contributed by atoms with van der Waals surface area (Å²) in [7, 11) is 0. The Labute approximate surface area is 111 Å². The lowest BCUT2D eigenvalue weighted by molar-refractivity contribution is -0.0132. The summed E-state index contributed by atoms with van der Waals surface area (Å²) in [5.41, 5.74) is -0.286. The zero-order valence-corrected chi connectivity index (χ0v) is 11.6. The number of hydrogen-bond acceptors (Lipinski definition) is 2. The number of rotatable bonds is 2. The molecule has 0 radical (unpaired) electrons. The lowest BCUT2D eigenvalue weighted by Crippen LogP contribution is -2.46. The highest BCUT2D eigenvalue weighted by Crippen LogP contribution is 2.35. The molecule has 1 heterocycles. The molecule has 2 unspecified atom stereocenters. The van der Waals surface area contributed by atoms with Crippen LogP contribution in [0.25, 0.3) is 0 Å². The Morgan fingerprint density at radius 2 is 2.12 bits per heavy atom. The summed E-state index contributed by atoms with van der Waals surface area (Å²) in [6.07, 6.45) is 1.30. The number of benzene rings is 1. The van der Waals surface area contributed by atoms with E-state index in [1.165, 1.54) is 4.31 Å². The van der Waals surface area contributed by atoms with Gasteiger partial charge in [0.1, 0.15) is 5.60 Å². The average molecular weight is 320 g/mol. The van der Waals surface area contributed by atoms with Crippen LogP contribution in [0.2, 0.25) is 0 Å². The summed E-state index contributed by atoms with van der Waals surface area (Å²) < 4.78 is 22.4. The molecule has 4 nitrogen and oxygen atoms in total. The zero-order chi connectivity index (χ0) is 12.5. The van der Waals surface area contributed by atoms with Crippen molar-refractivity contribution in [3.8, 4) is 0 Å². The maximum Gasteiger partial charge on any atom is 0.234 e. The molecule has 0 aromatic heterocycles. The Morgan fingerprint density at radius 1 is 1.41 bits per heavy atom. The van der Waals surface area contributed by atoms with Gasteiger partial charge >= 0.3 is 0 Å². The molecule has 17 heavy (non-hydrogen) atoms. The molecule has 0 spiro atoms. The summed E-state index contributed by atoms with van der Waals surface area (Å²) in [5, 5.41) is 10.6. The van der Waals surface area contributed by atoms with Gasteiger partial charge in [-0.05, 0) is 24.5 Å². The summed E-state index contributed by atoms with van der Waals surface area (Å²) >= 11 is 1.39. The third kappa shape index (κ3) is 2.77. The molecule has 94 valence electrons. The van der Waals surface area contributed by atoms with Crippen molar-refractivity contribution in [1.29, 1.82) is 0 Å². The maximum atomic E-state index is 11.1. The van der Waals surface area contributed by atoms with Crippen molar-refractivity contribution in [2.75, 3.05) is 13.1 Å². The Hall–Kier alpha value is -0.270. The highest BCUT2D eigenvalue weighted by Gasteiger charge is 2.37. The monoisotopic (exact) mass is 319 g/mol. The predicted molar refractivity (Wildman–Crippen MR) is 69.6 cm³/mol. The highest BCUT2D eigenvalue weighted by atomic mass is 79.9. The van der Waals surface area contributed by atoms with Crippen LogP contribution in [-0.4, -0.2) is 31.3 Å². The lowest BCUT2D eigenvalue weighted by atomic mass is 9.87. The van der Waals surface area contributed by atoms with Crippen LogP contribution in [0.1, 0.15) is 18.4 Å². The minimum atomic E-state index is -2.02. The Balaban J connectivity index is 2.30. The molecule has 1 aliphatic heterocycles. The van der Waals surface area contributed by atoms with Gasteiger partial charge in [-0.25, -0.2) is 4.21 Å². The van der Waals surface area contributed by atoms with Crippen molar-refractivity contribution in [1.82, 2.24) is 4.31 Å². The molecular weight excluding hydrogens is 306 g/mol. The van der Waals surface area contributed by atoms with Crippen molar-refractivity contribution in [2.45, 2.75) is 18.4 Å². The molecule has 1 fully saturated rings. The van der Waals surface area contributed by atoms with E-state index >= 15 is 0 Å². The van der Waals surface area contributed by atoms with E-state index in [0.717, 1.165) is 10.0 Å². The van der Waals surface area contributed by atoms with E-state index in [4.69, 9.17) is 4.55 Å². The zero-order valence-electron chi connectivity index (χ0n) is 9.17. The van der Waals surface area contributed by atoms with Crippen LogP contribution in [0.4, 0.5) is 0 Å². The van der Waals surface area contributed by atoms with E-state index in [2.05, 4.69) is 15.9 Å². The van der Waals surface area contributed by atoms with Gasteiger partial charge in [-0.3, -0.25) is 4.55 Å². The average Bonchev–Trinajstić information content (AvgIpc) is 2.29. The topological polar surface area (TPSA) is 60.8 Å². The van der Waals surface area contributed by atoms with E-state index in [1.54, 1.807) is 0 Å². The molecule has 1 aromatic rings. The molecule has 1 aliphatic rings. The molecule has 0 amide bonds. The van der Waals surface area contributed by atoms with Crippen LogP contribution in [0.3, 0.4) is 0 Å². The molecule has 2 atom stereocenters. The summed E-state index contributed by atoms with van der Waals surface area (Å²) in [6, 6.07) is 7.44. The van der Waals surface area contributed by atoms with Crippen LogP contribution in [-0.2, 0) is 16.9 Å². The van der Waals surface area contributed by atoms with Gasteiger partial charge in [0, 0.05) is 17.6 Å². The van der Waals surface area contributed by atoms with Crippen LogP contribution < -0.4 is 0 Å². The molecule has 2 rings (SSSR count). The molecule has 6 heteroatoms. The fourth-order valence-electron chi connectivity index (χ4n) is 2.19. The van der Waals surface area contributed by atoms with Gasteiger partial charge in [0.05, 0.1) is 0 Å². The third-order valence-corrected chi connectivity index (χ3v) is 4.48. The second kappa shape index (κ2) is 5.16. The fraction of sp³-hybridized carbons (Fsp3) is 0.455. The largest absolute Gasteiger partial charge is 0.384 e. The Kier molecular flexibility index (Phi) is 3.99. The summed E-state index contributed by atoms with van der Waals surface area (Å²) in [5.74, 6) is 0. The first-order valence-electron chi connectivity index (χ1n) is 5.36. The lowest BCUT2D eigenvalue weighted by Gasteiger charge is -2.37. The van der Waals surface area contributed by atoms with E-state index in [-0.39, 0.29) is 6.54 Å². The van der Waals surface area contributed by atoms with Crippen LogP contribution >= 0.6 is 15.9 Å². The Morgan fingerprint density at radius 3 is 2.76 bits per heavy atom. The number of hydrogen-bond donors (Lipinski definition) is 2. The van der Waals surface area contributed by atoms with Crippen LogP contribution in [0.5, 0.6) is 0 Å². The van der Waals surface area contributed by atoms with Crippen molar-refractivity contribution >= 4 is 27.2 Å². The van der Waals surface area contributed by atoms with Gasteiger partial charge in [-0.1, -0.05) is 34.1 Å². The van der Waals surface area contributed by atoms with Crippen molar-refractivity contribution in [3.63, 3.8) is 0 Å². The van der Waals surface area contributed by atoms with Crippen LogP contribution in [0, 0.1) is 0 Å². The van der Waals surface area contributed by atoms with Gasteiger partial charge in [0.15, 0.2) is 0 Å². The third-order valence-electron chi connectivity index (χ3n) is 3.03. The minimum Gasteiger partial charge on any atom is -0.384 e. The molecule has 0 aliphatic carbocycles. The number of halogens is 1. The Bertz CT molecular complexity index is 442. The van der Waals surface area contributed by atoms with E-state index < -0.39 is 16.9 Å². The molecule has 1 saturated heterocycles. The highest BCUT2D eigenvalue weighted by molar-refractivity contribution is 9.10. The number of β-amino-alcohol motifs (C(OH)–C–C–N with tert-alkyl or cyclic N) is 1. The van der Waals surface area contributed by atoms with Crippen molar-refractivity contribution in [2.24, 2.45) is 0 Å². The van der Waals surface area contributed by atoms with E-state index in [0.29, 0.717) is 19.4 Å². The number of piperidine rings is 1. The number of nitrogens with zero attached hydrogens (tertiary/aromatic N) is 1. The van der Waals surface area contributed by atoms with Gasteiger partial charge in [0.25, 0.3) is 0 Å². The second-order valence-corrected chi connectivity index (χ2v) is 6.04. The molecular formula is C11H14BrNO3S. The summed E-state index contributed by atoms with van der Waals surface area (Å²) in [6.45, 7) is 0.717. The quantitative estimate of drug-likeness (QED) is 0.818. The molecule has 2 N–H and O–H groups in total. The van der Waals surface area contributed by atoms with Gasteiger partial charge in [-0.15, -0.1) is 0 Å². The van der Waals surface area contributed by atoms with Crippen LogP contribution in [0.15, 0.2) is 28.7 Å². The molecule has 0 bridgehead atoms. The SMILES string of the molecule is O=S(O)N1CCCC(O)(c2ccccc2Br)C1. The second-order valence-electron chi connectivity index (χ2n) is 4.21. The predicted octanol–water partition coefficient (Wildman–Crippen LogP) is 1.87. The first kappa shape index (κ1) is 13.2. The maximum absolute atomic E-state index is 11.1. The normalized spacial score (nSPS) is 27.9. The van der Waals surface area contributed by atoms with Crippen molar-refractivity contribution in [3.05, 3.63) is 34.3 Å². The smallest absolute Gasteiger partial charge is 0.234 e. The minimum absolute atomic E-state index is 0.179. The van der Waals surface area contributed by atoms with E-state index in [9.17, 15) is 9.32 Å². The van der Waals surface area contributed by atoms with Gasteiger partial charge < -0.3 is 5.11 Å². The van der Waals surface area contributed by atoms with Gasteiger partial charge in [-0.2, -0.15) is 4.31 Å². The number of aliphatic hydroxyl groups is 1. The standard InChI is InChI=1S/C11H14BrNO3S/c12-10-5-2-1-4-9(10)11(14)6-3-7-13(8-11)17(15)16/h1-2,4-5,14H,3,6-8H2,(H,15,16).